The molecular formula is C11H22N2O3. The van der Waals surface area contributed by atoms with Gasteiger partial charge in [0.2, 0.25) is 5.91 Å². The van der Waals surface area contributed by atoms with E-state index in [1.807, 2.05) is 13.8 Å². The van der Waals surface area contributed by atoms with Gasteiger partial charge in [0.1, 0.15) is 0 Å². The summed E-state index contributed by atoms with van der Waals surface area (Å²) in [6.45, 7) is 7.80. The third-order valence-corrected chi connectivity index (χ3v) is 2.16. The first-order chi connectivity index (χ1) is 7.38. The monoisotopic (exact) mass is 230 g/mol. The second kappa shape index (κ2) is 7.22. The van der Waals surface area contributed by atoms with E-state index in [4.69, 9.17) is 4.74 Å². The average Bonchev–Trinajstić information content (AvgIpc) is 2.15. The van der Waals surface area contributed by atoms with Crippen LogP contribution in [0.15, 0.2) is 0 Å². The van der Waals surface area contributed by atoms with Gasteiger partial charge in [-0.05, 0) is 34.7 Å². The number of likely N-dealkylation sites (N-methyl/N-ethyl adjacent to an activating group) is 1. The van der Waals surface area contributed by atoms with Gasteiger partial charge >= 0.3 is 5.97 Å². The van der Waals surface area contributed by atoms with Crippen molar-refractivity contribution in [1.29, 1.82) is 0 Å². The molecule has 0 radical (unpaired) electrons. The fourth-order valence-corrected chi connectivity index (χ4v) is 1.15. The smallest absolute Gasteiger partial charge is 0.320 e. The molecule has 1 amide bonds. The first-order valence-corrected chi connectivity index (χ1v) is 5.54. The van der Waals surface area contributed by atoms with Crippen molar-refractivity contribution in [2.75, 3.05) is 20.2 Å². The molecule has 5 heteroatoms. The third-order valence-electron chi connectivity index (χ3n) is 2.16. The Labute approximate surface area is 97.1 Å². The molecule has 0 saturated carbocycles. The summed E-state index contributed by atoms with van der Waals surface area (Å²) in [6, 6.07) is -0.238. The van der Waals surface area contributed by atoms with Crippen LogP contribution in [0.2, 0.25) is 0 Å². The van der Waals surface area contributed by atoms with Crippen molar-refractivity contribution < 1.29 is 14.3 Å². The molecule has 0 aliphatic rings. The first kappa shape index (κ1) is 14.9. The zero-order valence-electron chi connectivity index (χ0n) is 10.7. The number of carbonyl (C=O) groups is 2. The van der Waals surface area contributed by atoms with Gasteiger partial charge in [0.15, 0.2) is 0 Å². The Morgan fingerprint density at radius 2 is 1.88 bits per heavy atom. The van der Waals surface area contributed by atoms with Crippen molar-refractivity contribution in [2.45, 2.75) is 39.8 Å². The van der Waals surface area contributed by atoms with Crippen LogP contribution in [0.4, 0.5) is 0 Å². The average molecular weight is 230 g/mol. The normalized spacial score (nSPS) is 12.7. The van der Waals surface area contributed by atoms with Gasteiger partial charge in [0.25, 0.3) is 0 Å². The molecule has 0 aliphatic heterocycles. The van der Waals surface area contributed by atoms with Crippen LogP contribution in [0.25, 0.3) is 0 Å². The van der Waals surface area contributed by atoms with Crippen LogP contribution in [0.5, 0.6) is 0 Å². The standard InChI is InChI=1S/C11H22N2O3/c1-6-16-10(14)7-13(5)9(4)11(15)12-8(2)3/h8-9H,6-7H2,1-5H3,(H,12,15). The van der Waals surface area contributed by atoms with Gasteiger partial charge in [-0.2, -0.15) is 0 Å². The second-order valence-electron chi connectivity index (χ2n) is 4.06. The molecule has 1 atom stereocenters. The van der Waals surface area contributed by atoms with Crippen LogP contribution in [0.3, 0.4) is 0 Å². The van der Waals surface area contributed by atoms with E-state index in [1.54, 1.807) is 25.8 Å². The minimum Gasteiger partial charge on any atom is -0.465 e. The molecule has 0 aliphatic carbocycles. The number of hydrogen-bond donors (Lipinski definition) is 1. The number of esters is 1. The maximum atomic E-state index is 11.6. The number of nitrogens with one attached hydrogen (secondary N) is 1. The van der Waals surface area contributed by atoms with Crippen molar-refractivity contribution in [3.63, 3.8) is 0 Å². The number of hydrogen-bond acceptors (Lipinski definition) is 4. The van der Waals surface area contributed by atoms with Crippen LogP contribution in [-0.2, 0) is 14.3 Å². The first-order valence-electron chi connectivity index (χ1n) is 5.54. The lowest BCUT2D eigenvalue weighted by atomic mass is 10.2. The maximum absolute atomic E-state index is 11.6. The number of carbonyl (C=O) groups excluding carboxylic acids is 2. The van der Waals surface area contributed by atoms with Gasteiger partial charge in [-0.25, -0.2) is 0 Å². The molecule has 0 aromatic carbocycles. The lowest BCUT2D eigenvalue weighted by Crippen LogP contribution is -2.47. The summed E-state index contributed by atoms with van der Waals surface area (Å²) in [5, 5.41) is 2.80. The minimum absolute atomic E-state index is 0.0817. The summed E-state index contributed by atoms with van der Waals surface area (Å²) in [7, 11) is 1.72. The van der Waals surface area contributed by atoms with Gasteiger partial charge in [0, 0.05) is 6.04 Å². The molecular weight excluding hydrogens is 208 g/mol. The molecule has 0 bridgehead atoms. The number of nitrogens with zero attached hydrogens (tertiary/aromatic N) is 1. The quantitative estimate of drug-likeness (QED) is 0.671. The van der Waals surface area contributed by atoms with E-state index in [-0.39, 0.29) is 30.5 Å². The van der Waals surface area contributed by atoms with Crippen LogP contribution in [0.1, 0.15) is 27.7 Å². The molecule has 1 unspecified atom stereocenters. The van der Waals surface area contributed by atoms with E-state index in [0.717, 1.165) is 0 Å². The van der Waals surface area contributed by atoms with Crippen molar-refractivity contribution in [2.24, 2.45) is 0 Å². The van der Waals surface area contributed by atoms with E-state index in [9.17, 15) is 9.59 Å². The fraction of sp³-hybridized carbons (Fsp3) is 0.818. The molecule has 0 spiro atoms. The Hall–Kier alpha value is -1.10. The third kappa shape index (κ3) is 5.70. The molecule has 94 valence electrons. The van der Waals surface area contributed by atoms with Crippen molar-refractivity contribution >= 4 is 11.9 Å². The number of rotatable bonds is 6. The summed E-state index contributed by atoms with van der Waals surface area (Å²) < 4.78 is 4.81. The summed E-state index contributed by atoms with van der Waals surface area (Å²) in [6.07, 6.45) is 0. The minimum atomic E-state index is -0.341. The Kier molecular flexibility index (Phi) is 6.72. The highest BCUT2D eigenvalue weighted by atomic mass is 16.5. The predicted molar refractivity (Wildman–Crippen MR) is 62.0 cm³/mol. The Bertz CT molecular complexity index is 241. The van der Waals surface area contributed by atoms with Crippen molar-refractivity contribution in [3.05, 3.63) is 0 Å². The van der Waals surface area contributed by atoms with Crippen LogP contribution in [0, 0.1) is 0 Å². The van der Waals surface area contributed by atoms with Gasteiger partial charge in [-0.3, -0.25) is 14.5 Å². The van der Waals surface area contributed by atoms with E-state index >= 15 is 0 Å². The summed E-state index contributed by atoms with van der Waals surface area (Å²) in [5.41, 5.74) is 0. The topological polar surface area (TPSA) is 58.6 Å². The molecule has 0 heterocycles. The SMILES string of the molecule is CCOC(=O)CN(C)C(C)C(=O)NC(C)C. The highest BCUT2D eigenvalue weighted by Gasteiger charge is 2.20. The van der Waals surface area contributed by atoms with Gasteiger partial charge in [-0.1, -0.05) is 0 Å². The lowest BCUT2D eigenvalue weighted by molar-refractivity contribution is -0.145. The number of ether oxygens (including phenoxy) is 1. The second-order valence-corrected chi connectivity index (χ2v) is 4.06. The van der Waals surface area contributed by atoms with E-state index in [0.29, 0.717) is 6.61 Å². The molecule has 5 nitrogen and oxygen atoms in total. The molecule has 0 rings (SSSR count). The van der Waals surface area contributed by atoms with Crippen molar-refractivity contribution in [1.82, 2.24) is 10.2 Å². The van der Waals surface area contributed by atoms with Gasteiger partial charge in [-0.15, -0.1) is 0 Å². The van der Waals surface area contributed by atoms with Gasteiger partial charge < -0.3 is 10.1 Å². The highest BCUT2D eigenvalue weighted by molar-refractivity contribution is 5.82. The van der Waals surface area contributed by atoms with Crippen LogP contribution < -0.4 is 5.32 Å². The molecule has 0 aromatic heterocycles. The maximum Gasteiger partial charge on any atom is 0.320 e. The molecule has 0 fully saturated rings. The van der Waals surface area contributed by atoms with Crippen LogP contribution >= 0.6 is 0 Å². The Balaban J connectivity index is 4.11. The molecule has 0 saturated heterocycles. The summed E-state index contributed by atoms with van der Waals surface area (Å²) in [4.78, 5) is 24.5. The lowest BCUT2D eigenvalue weighted by Gasteiger charge is -2.23. The van der Waals surface area contributed by atoms with E-state index in [1.165, 1.54) is 0 Å². The largest absolute Gasteiger partial charge is 0.465 e. The van der Waals surface area contributed by atoms with Crippen LogP contribution in [-0.4, -0.2) is 49.1 Å². The summed E-state index contributed by atoms with van der Waals surface area (Å²) >= 11 is 0. The highest BCUT2D eigenvalue weighted by Crippen LogP contribution is 1.97. The zero-order valence-corrected chi connectivity index (χ0v) is 10.7. The fourth-order valence-electron chi connectivity index (χ4n) is 1.15. The Morgan fingerprint density at radius 1 is 1.31 bits per heavy atom. The molecule has 1 N–H and O–H groups in total. The predicted octanol–water partition coefficient (Wildman–Crippen LogP) is 0.394. The zero-order chi connectivity index (χ0) is 12.7. The van der Waals surface area contributed by atoms with Gasteiger partial charge in [0.05, 0.1) is 19.2 Å². The van der Waals surface area contributed by atoms with E-state index in [2.05, 4.69) is 5.32 Å². The Morgan fingerprint density at radius 3 is 2.31 bits per heavy atom. The number of amides is 1. The summed E-state index contributed by atoms with van der Waals surface area (Å²) in [5.74, 6) is -0.393. The molecule has 0 aromatic rings. The molecule has 16 heavy (non-hydrogen) atoms. The van der Waals surface area contributed by atoms with Crippen molar-refractivity contribution in [3.8, 4) is 0 Å². The van der Waals surface area contributed by atoms with E-state index < -0.39 is 0 Å².